The van der Waals surface area contributed by atoms with E-state index in [1.54, 1.807) is 0 Å². The van der Waals surface area contributed by atoms with E-state index in [4.69, 9.17) is 9.05 Å². The summed E-state index contributed by atoms with van der Waals surface area (Å²) in [5.74, 6) is -1.59. The fourth-order valence-corrected chi connectivity index (χ4v) is 7.01. The average Bonchev–Trinajstić information content (AvgIpc) is 2.93. The van der Waals surface area contributed by atoms with Gasteiger partial charge in [-0.2, -0.15) is 0 Å². The molecule has 2 aliphatic heterocycles. The summed E-state index contributed by atoms with van der Waals surface area (Å²) in [5, 5.41) is 6.64. The fraction of sp³-hybridized carbons (Fsp3) is 0.882. The molecule has 2 saturated heterocycles. The topological polar surface area (TPSA) is 79.9 Å². The first kappa shape index (κ1) is 19.0. The summed E-state index contributed by atoms with van der Waals surface area (Å²) >= 11 is 0. The molecule has 0 bridgehead atoms. The molecule has 0 aromatic heterocycles. The molecule has 2 N–H and O–H groups in total. The molecule has 1 spiro atoms. The van der Waals surface area contributed by atoms with E-state index < -0.39 is 25.9 Å². The molecule has 8 heteroatoms. The summed E-state index contributed by atoms with van der Waals surface area (Å²) in [5.41, 5.74) is 0. The van der Waals surface area contributed by atoms with Crippen molar-refractivity contribution in [2.24, 2.45) is 5.92 Å². The van der Waals surface area contributed by atoms with E-state index in [-0.39, 0.29) is 12.1 Å². The molecule has 144 valence electrons. The second-order valence-electron chi connectivity index (χ2n) is 7.32. The Bertz CT molecular complexity index is 466. The van der Waals surface area contributed by atoms with Crippen molar-refractivity contribution >= 4 is 20.0 Å². The second kappa shape index (κ2) is 8.30. The Hall–Kier alpha value is -0.750. The number of carbonyl (C=O) groups is 2. The van der Waals surface area contributed by atoms with Crippen LogP contribution in [0.25, 0.3) is 0 Å². The summed E-state index contributed by atoms with van der Waals surface area (Å²) in [6.07, 6.45) is 6.71. The van der Waals surface area contributed by atoms with E-state index in [1.165, 1.54) is 0 Å². The number of carbonyl (C=O) groups excluding carboxylic acids is 2. The van der Waals surface area contributed by atoms with E-state index in [0.29, 0.717) is 6.42 Å². The van der Waals surface area contributed by atoms with Gasteiger partial charge in [-0.25, -0.2) is 0 Å². The van der Waals surface area contributed by atoms with E-state index >= 15 is 0 Å². The van der Waals surface area contributed by atoms with Gasteiger partial charge >= 0.3 is 150 Å². The van der Waals surface area contributed by atoms with Crippen molar-refractivity contribution in [2.75, 3.05) is 19.6 Å². The van der Waals surface area contributed by atoms with Gasteiger partial charge in [-0.05, 0) is 0 Å². The van der Waals surface area contributed by atoms with Crippen molar-refractivity contribution in [3.8, 4) is 0 Å². The molecule has 2 atom stereocenters. The molecular weight excluding hydrogens is 341 g/mol. The Kier molecular flexibility index (Phi) is 6.31. The van der Waals surface area contributed by atoms with Crippen LogP contribution in [-0.4, -0.2) is 48.6 Å². The zero-order valence-corrected chi connectivity index (χ0v) is 16.4. The summed E-state index contributed by atoms with van der Waals surface area (Å²) in [6, 6.07) is 0.512. The van der Waals surface area contributed by atoms with Crippen LogP contribution in [-0.2, 0) is 18.6 Å². The zero-order chi connectivity index (χ0) is 17.9. The monoisotopic (exact) mass is 373 g/mol. The fourth-order valence-electron chi connectivity index (χ4n) is 4.13. The summed E-state index contributed by atoms with van der Waals surface area (Å²) in [7, 11) is -3.10. The van der Waals surface area contributed by atoms with Gasteiger partial charge in [-0.15, -0.1) is 0 Å². The molecule has 0 aromatic carbocycles. The summed E-state index contributed by atoms with van der Waals surface area (Å²) in [6.45, 7) is 7.33. The first-order chi connectivity index (χ1) is 12.1. The van der Waals surface area contributed by atoms with Gasteiger partial charge < -0.3 is 0 Å². The third-order valence-electron chi connectivity index (χ3n) is 5.69. The Morgan fingerprint density at radius 1 is 1.00 bits per heavy atom. The van der Waals surface area contributed by atoms with Crippen molar-refractivity contribution in [3.05, 3.63) is 0 Å². The number of fused-ring (bicyclic) bond motifs is 1. The van der Waals surface area contributed by atoms with Crippen LogP contribution in [0, 0.1) is 5.92 Å². The number of hydrogen-bond donors (Lipinski definition) is 2. The van der Waals surface area contributed by atoms with Crippen molar-refractivity contribution < 1.29 is 18.6 Å². The first-order valence-corrected chi connectivity index (χ1v) is 11.6. The third-order valence-corrected chi connectivity index (χ3v) is 8.16. The SMILES string of the molecule is CCN(CC)CCCCC1C(=O)O[PH]2(NC3CCCCC3N2)OC1=O. The molecule has 3 fully saturated rings. The molecule has 0 amide bonds. The normalized spacial score (nSPS) is 32.4. The molecule has 3 rings (SSSR count). The molecule has 2 heterocycles. The van der Waals surface area contributed by atoms with Crippen LogP contribution in [0.15, 0.2) is 0 Å². The molecule has 25 heavy (non-hydrogen) atoms. The average molecular weight is 373 g/mol. The molecule has 2 unspecified atom stereocenters. The molecule has 1 aliphatic carbocycles. The molecular formula is C17H32N3O4P. The Morgan fingerprint density at radius 3 is 2.08 bits per heavy atom. The quantitative estimate of drug-likeness (QED) is 0.402. The van der Waals surface area contributed by atoms with Crippen molar-refractivity contribution in [1.29, 1.82) is 0 Å². The number of nitrogens with zero attached hydrogens (tertiary/aromatic N) is 1. The first-order valence-electron chi connectivity index (χ1n) is 9.80. The number of nitrogens with one attached hydrogen (secondary N) is 2. The van der Waals surface area contributed by atoms with Crippen LogP contribution in [0.3, 0.4) is 0 Å². The second-order valence-corrected chi connectivity index (χ2v) is 9.54. The van der Waals surface area contributed by atoms with Crippen LogP contribution in [0.4, 0.5) is 0 Å². The standard InChI is InChI=1S/C17H32N3O4P/c1-3-20(4-2)12-8-7-9-13-16(21)23-25(24-17(13)22)18-14-10-5-6-11-15(14)19-25/h13-15,18-19,25H,3-12H2,1-2H3. The Labute approximate surface area is 150 Å². The van der Waals surface area contributed by atoms with Gasteiger partial charge in [0, 0.05) is 0 Å². The van der Waals surface area contributed by atoms with Crippen molar-refractivity contribution in [1.82, 2.24) is 15.1 Å². The minimum atomic E-state index is -3.10. The maximum absolute atomic E-state index is 12.4. The van der Waals surface area contributed by atoms with Crippen LogP contribution < -0.4 is 10.2 Å². The Morgan fingerprint density at radius 2 is 1.56 bits per heavy atom. The summed E-state index contributed by atoms with van der Waals surface area (Å²) < 4.78 is 11.3. The van der Waals surface area contributed by atoms with E-state index in [1.807, 2.05) is 0 Å². The van der Waals surface area contributed by atoms with Crippen LogP contribution in [0.2, 0.25) is 0 Å². The van der Waals surface area contributed by atoms with Gasteiger partial charge in [-0.1, -0.05) is 0 Å². The van der Waals surface area contributed by atoms with Gasteiger partial charge in [-0.3, -0.25) is 0 Å². The predicted molar refractivity (Wildman–Crippen MR) is 97.9 cm³/mol. The number of rotatable bonds is 7. The van der Waals surface area contributed by atoms with E-state index in [9.17, 15) is 9.59 Å². The minimum absolute atomic E-state index is 0.256. The van der Waals surface area contributed by atoms with Crippen LogP contribution in [0.5, 0.6) is 0 Å². The van der Waals surface area contributed by atoms with Gasteiger partial charge in [0.1, 0.15) is 0 Å². The number of unbranched alkanes of at least 4 members (excludes halogenated alkanes) is 1. The molecule has 0 radical (unpaired) electrons. The van der Waals surface area contributed by atoms with Crippen LogP contribution >= 0.6 is 8.02 Å². The molecule has 7 nitrogen and oxygen atoms in total. The molecule has 0 aromatic rings. The van der Waals surface area contributed by atoms with E-state index in [0.717, 1.165) is 58.2 Å². The van der Waals surface area contributed by atoms with Crippen molar-refractivity contribution in [3.63, 3.8) is 0 Å². The predicted octanol–water partition coefficient (Wildman–Crippen LogP) is 2.13. The van der Waals surface area contributed by atoms with E-state index in [2.05, 4.69) is 28.9 Å². The van der Waals surface area contributed by atoms with Gasteiger partial charge in [0.2, 0.25) is 0 Å². The molecule has 3 aliphatic rings. The summed E-state index contributed by atoms with van der Waals surface area (Å²) in [4.78, 5) is 27.2. The zero-order valence-electron chi connectivity index (χ0n) is 15.4. The Balaban J connectivity index is 1.49. The van der Waals surface area contributed by atoms with Gasteiger partial charge in [0.25, 0.3) is 0 Å². The van der Waals surface area contributed by atoms with Gasteiger partial charge in [0.05, 0.1) is 0 Å². The van der Waals surface area contributed by atoms with Gasteiger partial charge in [0.15, 0.2) is 0 Å². The van der Waals surface area contributed by atoms with Crippen LogP contribution in [0.1, 0.15) is 58.8 Å². The third kappa shape index (κ3) is 4.33. The van der Waals surface area contributed by atoms with Crippen molar-refractivity contribution in [2.45, 2.75) is 70.9 Å². The molecule has 1 saturated carbocycles. The number of hydrogen-bond acceptors (Lipinski definition) is 7. The maximum atomic E-state index is 12.4.